The van der Waals surface area contributed by atoms with Crippen molar-refractivity contribution in [1.82, 2.24) is 15.6 Å². The number of nitrogens with zero attached hydrogens (tertiary/aromatic N) is 2. The predicted octanol–water partition coefficient (Wildman–Crippen LogP) is 2.88. The molecule has 2 amide bonds. The van der Waals surface area contributed by atoms with Gasteiger partial charge < -0.3 is 20.7 Å². The van der Waals surface area contributed by atoms with Crippen LogP contribution in [0.4, 0.5) is 24.7 Å². The van der Waals surface area contributed by atoms with Crippen LogP contribution >= 0.6 is 0 Å². The zero-order valence-electron chi connectivity index (χ0n) is 20.7. The van der Waals surface area contributed by atoms with Gasteiger partial charge in [0.1, 0.15) is 5.82 Å². The number of nitrogens with one attached hydrogen (secondary N) is 3. The highest BCUT2D eigenvalue weighted by Gasteiger charge is 2.42. The molecule has 1 aromatic carbocycles. The van der Waals surface area contributed by atoms with Crippen molar-refractivity contribution in [2.45, 2.75) is 44.8 Å². The number of amides is 2. The molecule has 0 saturated heterocycles. The normalized spacial score (nSPS) is 11.7. The minimum absolute atomic E-state index is 0.00351. The molecule has 0 saturated carbocycles. The number of alkyl halides is 3. The number of pyridine rings is 1. The van der Waals surface area contributed by atoms with Crippen LogP contribution < -0.4 is 16.0 Å². The van der Waals surface area contributed by atoms with Crippen LogP contribution in [-0.2, 0) is 23.9 Å². The quantitative estimate of drug-likeness (QED) is 0.111. The number of carbonyl (C=O) groups excluding carboxylic acids is 4. The highest BCUT2D eigenvalue weighted by Crippen LogP contribution is 2.26. The number of anilines is 1. The molecule has 0 aliphatic heterocycles. The summed E-state index contributed by atoms with van der Waals surface area (Å²) in [6.07, 6.45) is -3.47. The van der Waals surface area contributed by atoms with E-state index in [1.54, 1.807) is 18.3 Å². The van der Waals surface area contributed by atoms with E-state index in [1.807, 2.05) is 6.07 Å². The first-order chi connectivity index (χ1) is 18.4. The van der Waals surface area contributed by atoms with Gasteiger partial charge in [-0.1, -0.05) is 18.2 Å². The number of aryl methyl sites for hydroxylation is 1. The third-order valence-corrected chi connectivity index (χ3v) is 5.22. The van der Waals surface area contributed by atoms with Gasteiger partial charge in [-0.15, -0.1) is 0 Å². The highest BCUT2D eigenvalue weighted by atomic mass is 19.4. The second-order valence-electron chi connectivity index (χ2n) is 8.26. The third-order valence-electron chi connectivity index (χ3n) is 5.22. The molecule has 1 heterocycles. The number of nitro benzene ring substituents is 1. The summed E-state index contributed by atoms with van der Waals surface area (Å²) in [5.41, 5.74) is -0.104. The fourth-order valence-electron chi connectivity index (χ4n) is 3.27. The third kappa shape index (κ3) is 10.8. The van der Waals surface area contributed by atoms with Crippen LogP contribution in [0.2, 0.25) is 0 Å². The molecule has 0 bridgehead atoms. The van der Waals surface area contributed by atoms with Crippen LogP contribution in [0.5, 0.6) is 0 Å². The van der Waals surface area contributed by atoms with Crippen molar-refractivity contribution in [1.29, 1.82) is 0 Å². The first-order valence-electron chi connectivity index (χ1n) is 11.6. The summed E-state index contributed by atoms with van der Waals surface area (Å²) >= 11 is 0. The van der Waals surface area contributed by atoms with Gasteiger partial charge >= 0.3 is 18.1 Å². The van der Waals surface area contributed by atoms with E-state index in [0.717, 1.165) is 6.07 Å². The maximum atomic E-state index is 12.4. The molecule has 210 valence electrons. The number of rotatable bonds is 13. The number of carbonyl (C=O) groups is 4. The Morgan fingerprint density at radius 3 is 2.49 bits per heavy atom. The minimum Gasteiger partial charge on any atom is -0.386 e. The molecule has 2 aromatic rings. The van der Waals surface area contributed by atoms with Crippen LogP contribution in [0.1, 0.15) is 42.9 Å². The molecule has 0 spiro atoms. The van der Waals surface area contributed by atoms with Gasteiger partial charge in [-0.25, -0.2) is 9.78 Å². The molecular weight excluding hydrogens is 527 g/mol. The van der Waals surface area contributed by atoms with Crippen molar-refractivity contribution in [2.24, 2.45) is 0 Å². The van der Waals surface area contributed by atoms with Crippen molar-refractivity contribution in [3.05, 3.63) is 63.8 Å². The van der Waals surface area contributed by atoms with E-state index >= 15 is 0 Å². The summed E-state index contributed by atoms with van der Waals surface area (Å²) < 4.78 is 41.1. The molecule has 0 fully saturated rings. The van der Waals surface area contributed by atoms with Gasteiger partial charge in [0.2, 0.25) is 11.8 Å². The van der Waals surface area contributed by atoms with Crippen molar-refractivity contribution >= 4 is 35.3 Å². The molecular formula is C24H26F3N5O7. The zero-order chi connectivity index (χ0) is 29.0. The molecule has 1 atom stereocenters. The number of esters is 2. The maximum absolute atomic E-state index is 12.4. The number of hydrogen-bond donors (Lipinski definition) is 3. The predicted molar refractivity (Wildman–Crippen MR) is 130 cm³/mol. The average Bonchev–Trinajstić information content (AvgIpc) is 2.87. The van der Waals surface area contributed by atoms with E-state index in [-0.39, 0.29) is 23.2 Å². The first-order valence-corrected chi connectivity index (χ1v) is 11.6. The summed E-state index contributed by atoms with van der Waals surface area (Å²) in [5.74, 6) is -4.94. The molecule has 0 radical (unpaired) electrons. The first kappa shape index (κ1) is 30.7. The SMILES string of the molecule is Cc1ccc(C(CC(=O)OC(=O)C(F)(F)F)NC(=O)CNC(=O)CCCCNc2ccccn2)cc1[N+](=O)[O-]. The fraction of sp³-hybridized carbons (Fsp3) is 0.375. The Kier molecular flexibility index (Phi) is 11.3. The molecule has 3 N–H and O–H groups in total. The summed E-state index contributed by atoms with van der Waals surface area (Å²) in [7, 11) is 0. The molecule has 1 aromatic heterocycles. The molecule has 0 aliphatic carbocycles. The number of ether oxygens (including phenoxy) is 1. The van der Waals surface area contributed by atoms with Gasteiger partial charge in [-0.3, -0.25) is 24.5 Å². The standard InChI is InChI=1S/C24H26F3N5O7/c1-15-8-9-16(12-18(15)32(37)38)17(13-22(35)39-23(36)24(25,26)27)31-21(34)14-30-20(33)7-3-5-11-29-19-6-2-4-10-28-19/h2,4,6,8-10,12,17H,3,5,7,11,13-14H2,1H3,(H,28,29)(H,30,33)(H,31,34). The highest BCUT2D eigenvalue weighted by molar-refractivity contribution is 5.89. The van der Waals surface area contributed by atoms with Crippen LogP contribution in [0.25, 0.3) is 0 Å². The fourth-order valence-corrected chi connectivity index (χ4v) is 3.27. The topological polar surface area (TPSA) is 170 Å². The summed E-state index contributed by atoms with van der Waals surface area (Å²) in [5, 5.41) is 19.1. The maximum Gasteiger partial charge on any atom is 0.491 e. The zero-order valence-corrected chi connectivity index (χ0v) is 20.7. The van der Waals surface area contributed by atoms with Crippen molar-refractivity contribution in [3.63, 3.8) is 0 Å². The Bertz CT molecular complexity index is 1190. The summed E-state index contributed by atoms with van der Waals surface area (Å²) in [6.45, 7) is 1.48. The van der Waals surface area contributed by atoms with Gasteiger partial charge in [-0.2, -0.15) is 13.2 Å². The summed E-state index contributed by atoms with van der Waals surface area (Å²) in [4.78, 5) is 62.1. The van der Waals surface area contributed by atoms with Gasteiger partial charge in [0.05, 0.1) is 23.9 Å². The van der Waals surface area contributed by atoms with E-state index in [1.165, 1.54) is 19.1 Å². The Labute approximate surface area is 220 Å². The van der Waals surface area contributed by atoms with Crippen LogP contribution in [-0.4, -0.2) is 52.9 Å². The number of unbranched alkanes of at least 4 members (excludes halogenated alkanes) is 1. The number of halogens is 3. The lowest BCUT2D eigenvalue weighted by Crippen LogP contribution is -2.39. The minimum atomic E-state index is -5.42. The van der Waals surface area contributed by atoms with Gasteiger partial charge in [-0.05, 0) is 37.5 Å². The van der Waals surface area contributed by atoms with E-state index < -0.39 is 53.9 Å². The molecule has 12 nitrogen and oxygen atoms in total. The van der Waals surface area contributed by atoms with E-state index in [2.05, 4.69) is 25.7 Å². The number of nitro groups is 1. The van der Waals surface area contributed by atoms with Gasteiger partial charge in [0, 0.05) is 30.8 Å². The number of hydrogen-bond acceptors (Lipinski definition) is 9. The van der Waals surface area contributed by atoms with Gasteiger partial charge in [0.25, 0.3) is 5.69 Å². The van der Waals surface area contributed by atoms with Crippen molar-refractivity contribution in [2.75, 3.05) is 18.4 Å². The molecule has 2 rings (SSSR count). The van der Waals surface area contributed by atoms with Crippen LogP contribution in [0.15, 0.2) is 42.6 Å². The lowest BCUT2D eigenvalue weighted by atomic mass is 10.0. The van der Waals surface area contributed by atoms with E-state index in [4.69, 9.17) is 0 Å². The number of benzene rings is 1. The summed E-state index contributed by atoms with van der Waals surface area (Å²) in [6, 6.07) is 7.69. The smallest absolute Gasteiger partial charge is 0.386 e. The molecule has 39 heavy (non-hydrogen) atoms. The Balaban J connectivity index is 1.93. The molecule has 0 aliphatic rings. The Hall–Kier alpha value is -4.56. The van der Waals surface area contributed by atoms with Crippen LogP contribution in [0.3, 0.4) is 0 Å². The lowest BCUT2D eigenvalue weighted by molar-refractivity contribution is -0.385. The van der Waals surface area contributed by atoms with Gasteiger partial charge in [0.15, 0.2) is 0 Å². The van der Waals surface area contributed by atoms with Crippen molar-refractivity contribution in [3.8, 4) is 0 Å². The van der Waals surface area contributed by atoms with Crippen LogP contribution in [0, 0.1) is 17.0 Å². The molecule has 15 heteroatoms. The average molecular weight is 553 g/mol. The second kappa shape index (κ2) is 14.4. The monoisotopic (exact) mass is 553 g/mol. The lowest BCUT2D eigenvalue weighted by Gasteiger charge is -2.19. The van der Waals surface area contributed by atoms with Crippen molar-refractivity contribution < 1.29 is 42.0 Å². The molecule has 1 unspecified atom stereocenters. The van der Waals surface area contributed by atoms with E-state index in [9.17, 15) is 42.5 Å². The largest absolute Gasteiger partial charge is 0.491 e. The second-order valence-corrected chi connectivity index (χ2v) is 8.26. The Morgan fingerprint density at radius 2 is 1.85 bits per heavy atom. The number of aromatic nitrogens is 1. The Morgan fingerprint density at radius 1 is 1.10 bits per heavy atom. The van der Waals surface area contributed by atoms with E-state index in [0.29, 0.717) is 25.2 Å².